The maximum atomic E-state index is 9.79. The van der Waals surface area contributed by atoms with Crippen LogP contribution in [0.15, 0.2) is 12.2 Å². The summed E-state index contributed by atoms with van der Waals surface area (Å²) in [5, 5.41) is 9.79. The Bertz CT molecular complexity index is 425. The van der Waals surface area contributed by atoms with Gasteiger partial charge in [-0.05, 0) is 38.2 Å². The maximum Gasteiger partial charge on any atom is 0.106 e. The van der Waals surface area contributed by atoms with Gasteiger partial charge in [0, 0.05) is 7.05 Å². The molecule has 0 fully saturated rings. The lowest BCUT2D eigenvalue weighted by Gasteiger charge is -2.11. The molecule has 0 saturated carbocycles. The first-order valence-corrected chi connectivity index (χ1v) is 4.64. The van der Waals surface area contributed by atoms with Crippen molar-refractivity contribution >= 4 is 12.2 Å². The van der Waals surface area contributed by atoms with Gasteiger partial charge in [-0.25, -0.2) is 4.98 Å². The predicted octanol–water partition coefficient (Wildman–Crippen LogP) is 1.52. The average molecular weight is 190 g/mol. The molecule has 0 spiro atoms. The van der Waals surface area contributed by atoms with E-state index in [4.69, 9.17) is 0 Å². The van der Waals surface area contributed by atoms with Crippen LogP contribution in [-0.2, 0) is 7.05 Å². The zero-order chi connectivity index (χ0) is 10.3. The lowest BCUT2D eigenvalue weighted by Crippen LogP contribution is -2.15. The molecule has 3 nitrogen and oxygen atoms in total. The summed E-state index contributed by atoms with van der Waals surface area (Å²) in [6.45, 7) is 3.72. The van der Waals surface area contributed by atoms with Crippen LogP contribution >= 0.6 is 0 Å². The van der Waals surface area contributed by atoms with E-state index < -0.39 is 5.60 Å². The summed E-state index contributed by atoms with van der Waals surface area (Å²) in [7, 11) is 1.97. The van der Waals surface area contributed by atoms with Crippen LogP contribution in [0.3, 0.4) is 0 Å². The van der Waals surface area contributed by atoms with Crippen molar-refractivity contribution in [2.24, 2.45) is 7.05 Å². The smallest absolute Gasteiger partial charge is 0.106 e. The van der Waals surface area contributed by atoms with Crippen LogP contribution in [0.2, 0.25) is 0 Å². The molecule has 14 heavy (non-hydrogen) atoms. The Morgan fingerprint density at radius 1 is 1.36 bits per heavy atom. The maximum absolute atomic E-state index is 9.79. The lowest BCUT2D eigenvalue weighted by atomic mass is 10.1. The van der Waals surface area contributed by atoms with Gasteiger partial charge < -0.3 is 9.67 Å². The molecule has 2 rings (SSSR count). The van der Waals surface area contributed by atoms with E-state index in [-0.39, 0.29) is 0 Å². The van der Waals surface area contributed by atoms with Crippen molar-refractivity contribution < 1.29 is 5.11 Å². The Labute approximate surface area is 83.4 Å². The number of hydrogen-bond donors (Lipinski definition) is 1. The third-order valence-corrected chi connectivity index (χ3v) is 2.55. The molecule has 1 aliphatic carbocycles. The van der Waals surface area contributed by atoms with Crippen molar-refractivity contribution in [2.45, 2.75) is 19.4 Å². The third-order valence-electron chi connectivity index (χ3n) is 2.55. The van der Waals surface area contributed by atoms with E-state index >= 15 is 0 Å². The van der Waals surface area contributed by atoms with Crippen LogP contribution in [0.5, 0.6) is 0 Å². The fraction of sp³-hybridized carbons (Fsp3) is 0.364. The first-order chi connectivity index (χ1) is 6.49. The molecule has 74 valence electrons. The van der Waals surface area contributed by atoms with Gasteiger partial charge in [0.15, 0.2) is 0 Å². The van der Waals surface area contributed by atoms with Gasteiger partial charge in [-0.2, -0.15) is 0 Å². The highest BCUT2D eigenvalue weighted by Gasteiger charge is 2.17. The van der Waals surface area contributed by atoms with Crippen molar-refractivity contribution in [3.8, 4) is 0 Å². The summed E-state index contributed by atoms with van der Waals surface area (Å²) in [6, 6.07) is 0. The predicted molar refractivity (Wildman–Crippen MR) is 56.6 cm³/mol. The standard InChI is InChI=1S/C11H14N2O/c1-8-12-9-4-6-11(2,14)7-5-10(9)13(8)3/h4-7,14H,1-3H3. The minimum atomic E-state index is -0.866. The number of hydrogen-bond acceptors (Lipinski definition) is 2. The average Bonchev–Trinajstić information content (AvgIpc) is 2.27. The summed E-state index contributed by atoms with van der Waals surface area (Å²) in [4.78, 5) is 4.39. The van der Waals surface area contributed by atoms with Crippen LogP contribution in [-0.4, -0.2) is 20.3 Å². The molecule has 3 heteroatoms. The Balaban J connectivity index is 2.58. The van der Waals surface area contributed by atoms with E-state index in [1.54, 1.807) is 19.1 Å². The second-order valence-corrected chi connectivity index (χ2v) is 3.88. The summed E-state index contributed by atoms with van der Waals surface area (Å²) in [6.07, 6.45) is 7.30. The molecule has 1 atom stereocenters. The van der Waals surface area contributed by atoms with Crippen molar-refractivity contribution in [1.82, 2.24) is 9.55 Å². The number of imidazole rings is 1. The summed E-state index contributed by atoms with van der Waals surface area (Å²) >= 11 is 0. The number of aliphatic hydroxyl groups is 1. The molecule has 1 heterocycles. The van der Waals surface area contributed by atoms with E-state index in [1.807, 2.05) is 30.7 Å². The first kappa shape index (κ1) is 9.21. The fourth-order valence-electron chi connectivity index (χ4n) is 1.52. The number of aromatic nitrogens is 2. The summed E-state index contributed by atoms with van der Waals surface area (Å²) in [5.74, 6) is 0.978. The van der Waals surface area contributed by atoms with Crippen LogP contribution in [0.25, 0.3) is 12.2 Å². The largest absolute Gasteiger partial charge is 0.382 e. The van der Waals surface area contributed by atoms with Gasteiger partial charge in [0.2, 0.25) is 0 Å². The highest BCUT2D eigenvalue weighted by atomic mass is 16.3. The zero-order valence-electron chi connectivity index (χ0n) is 8.65. The molecule has 1 aromatic heterocycles. The molecule has 1 N–H and O–H groups in total. The van der Waals surface area contributed by atoms with Crippen molar-refractivity contribution in [1.29, 1.82) is 0 Å². The number of aryl methyl sites for hydroxylation is 1. The third kappa shape index (κ3) is 1.40. The molecule has 0 aliphatic heterocycles. The minimum absolute atomic E-state index is 0.866. The van der Waals surface area contributed by atoms with E-state index in [0.717, 1.165) is 17.2 Å². The fourth-order valence-corrected chi connectivity index (χ4v) is 1.52. The number of nitrogens with zero attached hydrogens (tertiary/aromatic N) is 2. The second kappa shape index (κ2) is 2.82. The molecule has 0 bridgehead atoms. The van der Waals surface area contributed by atoms with Gasteiger partial charge in [-0.15, -0.1) is 0 Å². The van der Waals surface area contributed by atoms with Crippen LogP contribution < -0.4 is 0 Å². The molecular weight excluding hydrogens is 176 g/mol. The first-order valence-electron chi connectivity index (χ1n) is 4.64. The quantitative estimate of drug-likeness (QED) is 0.673. The van der Waals surface area contributed by atoms with E-state index in [2.05, 4.69) is 4.98 Å². The van der Waals surface area contributed by atoms with Gasteiger partial charge in [-0.1, -0.05) is 0 Å². The molecule has 0 aromatic carbocycles. The molecule has 1 aliphatic rings. The van der Waals surface area contributed by atoms with Crippen molar-refractivity contribution in [3.63, 3.8) is 0 Å². The Morgan fingerprint density at radius 2 is 2.00 bits per heavy atom. The molecular formula is C11H14N2O. The van der Waals surface area contributed by atoms with Gasteiger partial charge in [0.25, 0.3) is 0 Å². The number of fused-ring (bicyclic) bond motifs is 1. The summed E-state index contributed by atoms with van der Waals surface area (Å²) in [5.41, 5.74) is 1.09. The Hall–Kier alpha value is -1.35. The summed E-state index contributed by atoms with van der Waals surface area (Å²) < 4.78 is 2.01. The topological polar surface area (TPSA) is 38.0 Å². The molecule has 1 unspecified atom stereocenters. The normalized spacial score (nSPS) is 24.9. The highest BCUT2D eigenvalue weighted by molar-refractivity contribution is 5.65. The van der Waals surface area contributed by atoms with Gasteiger partial charge in [0.05, 0.1) is 17.0 Å². The van der Waals surface area contributed by atoms with Gasteiger partial charge in [-0.3, -0.25) is 0 Å². The molecule has 0 saturated heterocycles. The second-order valence-electron chi connectivity index (χ2n) is 3.88. The Kier molecular flexibility index (Phi) is 1.86. The number of rotatable bonds is 0. The van der Waals surface area contributed by atoms with Crippen molar-refractivity contribution in [3.05, 3.63) is 29.4 Å². The van der Waals surface area contributed by atoms with Crippen molar-refractivity contribution in [2.75, 3.05) is 0 Å². The van der Waals surface area contributed by atoms with E-state index in [0.29, 0.717) is 0 Å². The zero-order valence-corrected chi connectivity index (χ0v) is 8.65. The van der Waals surface area contributed by atoms with E-state index in [1.165, 1.54) is 0 Å². The molecule has 0 radical (unpaired) electrons. The lowest BCUT2D eigenvalue weighted by molar-refractivity contribution is 0.166. The van der Waals surface area contributed by atoms with Crippen LogP contribution in [0.1, 0.15) is 24.1 Å². The monoisotopic (exact) mass is 190 g/mol. The van der Waals surface area contributed by atoms with Gasteiger partial charge >= 0.3 is 0 Å². The molecule has 0 amide bonds. The SMILES string of the molecule is Cc1nc2c(n1C)C=CC(C)(O)C=C2. The van der Waals surface area contributed by atoms with Crippen LogP contribution in [0.4, 0.5) is 0 Å². The van der Waals surface area contributed by atoms with E-state index in [9.17, 15) is 5.11 Å². The highest BCUT2D eigenvalue weighted by Crippen LogP contribution is 2.21. The Morgan fingerprint density at radius 3 is 2.71 bits per heavy atom. The van der Waals surface area contributed by atoms with Gasteiger partial charge in [0.1, 0.15) is 5.82 Å². The minimum Gasteiger partial charge on any atom is -0.382 e. The van der Waals surface area contributed by atoms with Crippen LogP contribution in [0, 0.1) is 6.92 Å². The molecule has 1 aromatic rings.